The van der Waals surface area contributed by atoms with Gasteiger partial charge in [0.1, 0.15) is 6.04 Å². The van der Waals surface area contributed by atoms with Gasteiger partial charge in [0.15, 0.2) is 0 Å². The van der Waals surface area contributed by atoms with E-state index in [1.165, 1.54) is 0 Å². The molecule has 3 N–H and O–H groups in total. The van der Waals surface area contributed by atoms with Crippen LogP contribution in [0.1, 0.15) is 26.2 Å². The molecule has 0 bridgehead atoms. The van der Waals surface area contributed by atoms with Crippen LogP contribution in [0.15, 0.2) is 0 Å². The maximum Gasteiger partial charge on any atom is 0.326 e. The molecule has 3 unspecified atom stereocenters. The Bertz CT molecular complexity index is 317. The number of rotatable bonds is 4. The second-order valence-corrected chi connectivity index (χ2v) is 4.74. The normalized spacial score (nSPS) is 29.7. The Morgan fingerprint density at radius 1 is 1.35 bits per heavy atom. The number of amides is 2. The fourth-order valence-corrected chi connectivity index (χ4v) is 2.08. The largest absolute Gasteiger partial charge is 0.480 e. The Hall–Kier alpha value is -1.30. The van der Waals surface area contributed by atoms with Crippen molar-refractivity contribution in [2.24, 2.45) is 5.92 Å². The molecule has 2 amide bonds. The van der Waals surface area contributed by atoms with E-state index in [-0.39, 0.29) is 18.1 Å². The van der Waals surface area contributed by atoms with Crippen molar-refractivity contribution in [3.8, 4) is 0 Å². The smallest absolute Gasteiger partial charge is 0.326 e. The maximum atomic E-state index is 11.7. The van der Waals surface area contributed by atoms with Gasteiger partial charge in [0.25, 0.3) is 0 Å². The Kier molecular flexibility index (Phi) is 3.51. The fourth-order valence-electron chi connectivity index (χ4n) is 2.08. The topological polar surface area (TPSA) is 87.7 Å². The van der Waals surface area contributed by atoms with E-state index in [0.717, 1.165) is 19.3 Å². The minimum Gasteiger partial charge on any atom is -0.480 e. The highest BCUT2D eigenvalue weighted by Crippen LogP contribution is 2.32. The van der Waals surface area contributed by atoms with Crippen molar-refractivity contribution in [1.29, 1.82) is 0 Å². The fraction of sp³-hybridized carbons (Fsp3) is 0.818. The molecule has 1 aliphatic heterocycles. The van der Waals surface area contributed by atoms with E-state index >= 15 is 0 Å². The van der Waals surface area contributed by atoms with Gasteiger partial charge in [-0.3, -0.25) is 0 Å². The van der Waals surface area contributed by atoms with Crippen LogP contribution in [-0.4, -0.2) is 41.9 Å². The number of hydrogen-bond donors (Lipinski definition) is 3. The van der Waals surface area contributed by atoms with Gasteiger partial charge in [0.05, 0.1) is 12.1 Å². The van der Waals surface area contributed by atoms with Crippen LogP contribution in [0.5, 0.6) is 0 Å². The van der Waals surface area contributed by atoms with E-state index in [4.69, 9.17) is 9.84 Å². The van der Waals surface area contributed by atoms with Crippen LogP contribution in [0.25, 0.3) is 0 Å². The zero-order valence-corrected chi connectivity index (χ0v) is 9.81. The van der Waals surface area contributed by atoms with Crippen LogP contribution < -0.4 is 10.6 Å². The Labute approximate surface area is 99.7 Å². The molecule has 1 heterocycles. The minimum absolute atomic E-state index is 0.00930. The molecular weight excluding hydrogens is 224 g/mol. The van der Waals surface area contributed by atoms with Crippen molar-refractivity contribution < 1.29 is 19.4 Å². The first-order chi connectivity index (χ1) is 8.08. The third-order valence-corrected chi connectivity index (χ3v) is 3.34. The summed E-state index contributed by atoms with van der Waals surface area (Å²) in [4.78, 5) is 22.6. The molecule has 0 aromatic heterocycles. The van der Waals surface area contributed by atoms with Crippen molar-refractivity contribution in [2.75, 3.05) is 6.61 Å². The van der Waals surface area contributed by atoms with Gasteiger partial charge in [-0.1, -0.05) is 0 Å². The van der Waals surface area contributed by atoms with Gasteiger partial charge in [-0.15, -0.1) is 0 Å². The number of carboxylic acid groups (broad SMARTS) is 1. The summed E-state index contributed by atoms with van der Waals surface area (Å²) in [5.41, 5.74) is 0. The second kappa shape index (κ2) is 4.91. The number of hydrogen-bond acceptors (Lipinski definition) is 3. The van der Waals surface area contributed by atoms with Crippen LogP contribution in [0, 0.1) is 5.92 Å². The highest BCUT2D eigenvalue weighted by molar-refractivity contribution is 5.83. The number of carbonyl (C=O) groups excluding carboxylic acids is 1. The van der Waals surface area contributed by atoms with Gasteiger partial charge >= 0.3 is 12.0 Å². The lowest BCUT2D eigenvalue weighted by molar-refractivity contribution is -0.139. The molecule has 1 aliphatic carbocycles. The summed E-state index contributed by atoms with van der Waals surface area (Å²) in [7, 11) is 0. The number of carboxylic acids is 1. The Morgan fingerprint density at radius 3 is 2.53 bits per heavy atom. The Balaban J connectivity index is 1.81. The van der Waals surface area contributed by atoms with E-state index in [1.807, 2.05) is 6.92 Å². The molecule has 0 radical (unpaired) electrons. The predicted molar refractivity (Wildman–Crippen MR) is 59.6 cm³/mol. The average molecular weight is 242 g/mol. The van der Waals surface area contributed by atoms with Crippen molar-refractivity contribution in [3.05, 3.63) is 0 Å². The lowest BCUT2D eigenvalue weighted by Gasteiger charge is -2.19. The van der Waals surface area contributed by atoms with Crippen LogP contribution in [0.4, 0.5) is 4.79 Å². The molecule has 1 saturated heterocycles. The van der Waals surface area contributed by atoms with E-state index in [1.54, 1.807) is 0 Å². The number of aliphatic carboxylic acids is 1. The molecule has 0 aromatic rings. The average Bonchev–Trinajstić information content (AvgIpc) is 3.01. The molecule has 17 heavy (non-hydrogen) atoms. The first-order valence-corrected chi connectivity index (χ1v) is 5.99. The SMILES string of the molecule is CC1OCCC1NC(=O)NC(C(=O)O)C1CC1. The zero-order valence-electron chi connectivity index (χ0n) is 9.81. The lowest BCUT2D eigenvalue weighted by atomic mass is 10.1. The summed E-state index contributed by atoms with van der Waals surface area (Å²) in [6.07, 6.45) is 2.51. The quantitative estimate of drug-likeness (QED) is 0.662. The highest BCUT2D eigenvalue weighted by Gasteiger charge is 2.37. The summed E-state index contributed by atoms with van der Waals surface area (Å²) in [5.74, 6) is -0.867. The third kappa shape index (κ3) is 3.09. The van der Waals surface area contributed by atoms with Crippen LogP contribution >= 0.6 is 0 Å². The van der Waals surface area contributed by atoms with Crippen LogP contribution in [-0.2, 0) is 9.53 Å². The van der Waals surface area contributed by atoms with Crippen molar-refractivity contribution >= 4 is 12.0 Å². The molecule has 2 rings (SSSR count). The molecule has 2 fully saturated rings. The maximum absolute atomic E-state index is 11.7. The number of carbonyl (C=O) groups is 2. The number of nitrogens with one attached hydrogen (secondary N) is 2. The zero-order chi connectivity index (χ0) is 12.4. The summed E-state index contributed by atoms with van der Waals surface area (Å²) in [6.45, 7) is 2.53. The van der Waals surface area contributed by atoms with Gasteiger partial charge in [-0.25, -0.2) is 9.59 Å². The standard InChI is InChI=1S/C11H18N2O4/c1-6-8(4-5-17-6)12-11(16)13-9(10(14)15)7-2-3-7/h6-9H,2-5H2,1H3,(H,14,15)(H2,12,13,16). The molecule has 2 aliphatic rings. The van der Waals surface area contributed by atoms with Crippen molar-refractivity contribution in [1.82, 2.24) is 10.6 Å². The third-order valence-electron chi connectivity index (χ3n) is 3.34. The number of ether oxygens (including phenoxy) is 1. The van der Waals surface area contributed by atoms with E-state index < -0.39 is 18.0 Å². The van der Waals surface area contributed by atoms with Gasteiger partial charge in [0.2, 0.25) is 0 Å². The van der Waals surface area contributed by atoms with Crippen LogP contribution in [0.3, 0.4) is 0 Å². The predicted octanol–water partition coefficient (Wildman–Crippen LogP) is 0.326. The summed E-state index contributed by atoms with van der Waals surface area (Å²) in [5, 5.41) is 14.3. The Morgan fingerprint density at radius 2 is 2.06 bits per heavy atom. The molecule has 6 heteroatoms. The monoisotopic (exact) mass is 242 g/mol. The van der Waals surface area contributed by atoms with Crippen molar-refractivity contribution in [2.45, 2.75) is 44.4 Å². The molecule has 0 aromatic carbocycles. The molecular formula is C11H18N2O4. The van der Waals surface area contributed by atoms with E-state index in [0.29, 0.717) is 6.61 Å². The van der Waals surface area contributed by atoms with Gasteiger partial charge in [-0.2, -0.15) is 0 Å². The van der Waals surface area contributed by atoms with E-state index in [2.05, 4.69) is 10.6 Å². The molecule has 3 atom stereocenters. The second-order valence-electron chi connectivity index (χ2n) is 4.74. The molecule has 6 nitrogen and oxygen atoms in total. The van der Waals surface area contributed by atoms with Crippen LogP contribution in [0.2, 0.25) is 0 Å². The molecule has 0 spiro atoms. The van der Waals surface area contributed by atoms with Crippen molar-refractivity contribution in [3.63, 3.8) is 0 Å². The van der Waals surface area contributed by atoms with E-state index in [9.17, 15) is 9.59 Å². The van der Waals surface area contributed by atoms with Gasteiger partial charge in [-0.05, 0) is 32.1 Å². The first-order valence-electron chi connectivity index (χ1n) is 5.99. The molecule has 96 valence electrons. The van der Waals surface area contributed by atoms with Gasteiger partial charge in [0, 0.05) is 6.61 Å². The summed E-state index contributed by atoms with van der Waals surface area (Å²) >= 11 is 0. The van der Waals surface area contributed by atoms with Gasteiger partial charge < -0.3 is 20.5 Å². The minimum atomic E-state index is -0.960. The summed E-state index contributed by atoms with van der Waals surface area (Å²) < 4.78 is 5.32. The number of urea groups is 1. The first kappa shape index (κ1) is 12.2. The highest BCUT2D eigenvalue weighted by atomic mass is 16.5. The molecule has 1 saturated carbocycles. The summed E-state index contributed by atoms with van der Waals surface area (Å²) in [6, 6.07) is -1.19. The lowest BCUT2D eigenvalue weighted by Crippen LogP contribution is -2.51.